The van der Waals surface area contributed by atoms with Crippen LogP contribution in [0.5, 0.6) is 17.2 Å². The number of fused-ring (bicyclic) bond motifs is 3. The molecule has 1 aromatic carbocycles. The molecule has 2 aliphatic heterocycles. The molecule has 2 N–H and O–H groups in total. The van der Waals surface area contributed by atoms with E-state index in [4.69, 9.17) is 19.9 Å². The van der Waals surface area contributed by atoms with Crippen LogP contribution in [0.15, 0.2) is 6.07 Å². The maximum absolute atomic E-state index is 5.84. The first-order valence-electron chi connectivity index (χ1n) is 4.70. The molecule has 0 aromatic heterocycles. The Morgan fingerprint density at radius 3 is 2.71 bits per heavy atom. The number of ether oxygens (including phenoxy) is 3. The molecule has 3 rings (SSSR count). The standard InChI is InChI=1S/C10H11NO3/c11-7-5-8-10(14-4-3-12-8)6-1-2-13-9(6)7/h5H,1-4,11H2. The molecular weight excluding hydrogens is 182 g/mol. The number of hydrogen-bond donors (Lipinski definition) is 1. The molecule has 74 valence electrons. The molecule has 14 heavy (non-hydrogen) atoms. The van der Waals surface area contributed by atoms with Crippen LogP contribution < -0.4 is 19.9 Å². The van der Waals surface area contributed by atoms with Gasteiger partial charge in [-0.3, -0.25) is 0 Å². The van der Waals surface area contributed by atoms with Crippen molar-refractivity contribution in [3.05, 3.63) is 11.6 Å². The average molecular weight is 193 g/mol. The van der Waals surface area contributed by atoms with Gasteiger partial charge in [-0.2, -0.15) is 0 Å². The minimum absolute atomic E-state index is 0.589. The molecule has 2 aliphatic rings. The normalized spacial score (nSPS) is 17.4. The monoisotopic (exact) mass is 193 g/mol. The highest BCUT2D eigenvalue weighted by Crippen LogP contribution is 2.45. The van der Waals surface area contributed by atoms with Crippen LogP contribution in [0.4, 0.5) is 5.69 Å². The van der Waals surface area contributed by atoms with Crippen LogP contribution >= 0.6 is 0 Å². The molecule has 1 aromatic rings. The van der Waals surface area contributed by atoms with Crippen molar-refractivity contribution in [2.24, 2.45) is 0 Å². The number of benzene rings is 1. The number of nitrogen functional groups attached to an aromatic ring is 1. The lowest BCUT2D eigenvalue weighted by Crippen LogP contribution is -2.16. The summed E-state index contributed by atoms with van der Waals surface area (Å²) in [6, 6.07) is 1.78. The third-order valence-electron chi connectivity index (χ3n) is 2.51. The first kappa shape index (κ1) is 7.79. The zero-order valence-electron chi connectivity index (χ0n) is 7.71. The molecule has 2 heterocycles. The second-order valence-corrected chi connectivity index (χ2v) is 3.40. The number of anilines is 1. The third kappa shape index (κ3) is 0.937. The minimum Gasteiger partial charge on any atom is -0.491 e. The van der Waals surface area contributed by atoms with E-state index in [1.807, 2.05) is 0 Å². The van der Waals surface area contributed by atoms with Gasteiger partial charge in [-0.05, 0) is 0 Å². The molecule has 0 unspecified atom stereocenters. The summed E-state index contributed by atoms with van der Waals surface area (Å²) in [5.74, 6) is 2.34. The Balaban J connectivity index is 2.22. The first-order valence-corrected chi connectivity index (χ1v) is 4.70. The summed E-state index contributed by atoms with van der Waals surface area (Å²) in [6.45, 7) is 1.87. The molecule has 0 bridgehead atoms. The van der Waals surface area contributed by atoms with Crippen molar-refractivity contribution >= 4 is 5.69 Å². The van der Waals surface area contributed by atoms with E-state index < -0.39 is 0 Å². The van der Waals surface area contributed by atoms with Crippen LogP contribution in [0.25, 0.3) is 0 Å². The van der Waals surface area contributed by atoms with Crippen LogP contribution in [-0.2, 0) is 6.42 Å². The largest absolute Gasteiger partial charge is 0.491 e. The summed E-state index contributed by atoms with van der Waals surface area (Å²) in [5, 5.41) is 0. The van der Waals surface area contributed by atoms with E-state index in [0.29, 0.717) is 25.5 Å². The van der Waals surface area contributed by atoms with Crippen molar-refractivity contribution in [3.8, 4) is 17.2 Å². The summed E-state index contributed by atoms with van der Waals surface area (Å²) in [7, 11) is 0. The fraction of sp³-hybridized carbons (Fsp3) is 0.400. The average Bonchev–Trinajstić information content (AvgIpc) is 2.67. The Kier molecular flexibility index (Phi) is 1.50. The summed E-state index contributed by atoms with van der Waals surface area (Å²) in [5.41, 5.74) is 7.53. The molecule has 0 spiro atoms. The summed E-state index contributed by atoms with van der Waals surface area (Å²) in [6.07, 6.45) is 0.853. The SMILES string of the molecule is Nc1cc2c(c3c1OCC3)OCCO2. The molecule has 0 fully saturated rings. The highest BCUT2D eigenvalue weighted by molar-refractivity contribution is 5.68. The Morgan fingerprint density at radius 2 is 1.79 bits per heavy atom. The summed E-state index contributed by atoms with van der Waals surface area (Å²) in [4.78, 5) is 0. The van der Waals surface area contributed by atoms with Crippen molar-refractivity contribution in [2.75, 3.05) is 25.6 Å². The van der Waals surface area contributed by atoms with Gasteiger partial charge in [0.2, 0.25) is 0 Å². The van der Waals surface area contributed by atoms with Gasteiger partial charge in [0.1, 0.15) is 19.0 Å². The van der Waals surface area contributed by atoms with Crippen molar-refractivity contribution < 1.29 is 14.2 Å². The van der Waals surface area contributed by atoms with Gasteiger partial charge >= 0.3 is 0 Å². The van der Waals surface area contributed by atoms with E-state index in [2.05, 4.69) is 0 Å². The van der Waals surface area contributed by atoms with E-state index in [1.165, 1.54) is 0 Å². The van der Waals surface area contributed by atoms with Gasteiger partial charge in [-0.1, -0.05) is 0 Å². The third-order valence-corrected chi connectivity index (χ3v) is 2.51. The Hall–Kier alpha value is -1.58. The molecule has 0 atom stereocenters. The molecule has 0 saturated heterocycles. The zero-order chi connectivity index (χ0) is 9.54. The van der Waals surface area contributed by atoms with E-state index in [9.17, 15) is 0 Å². The minimum atomic E-state index is 0.589. The summed E-state index contributed by atoms with van der Waals surface area (Å²) < 4.78 is 16.5. The predicted octanol–water partition coefficient (Wildman–Crippen LogP) is 0.975. The van der Waals surface area contributed by atoms with Gasteiger partial charge in [0, 0.05) is 18.1 Å². The van der Waals surface area contributed by atoms with E-state index in [-0.39, 0.29) is 0 Å². The quantitative estimate of drug-likeness (QED) is 0.624. The first-order chi connectivity index (χ1) is 6.86. The predicted molar refractivity (Wildman–Crippen MR) is 51.0 cm³/mol. The number of hydrogen-bond acceptors (Lipinski definition) is 4. The van der Waals surface area contributed by atoms with E-state index in [1.54, 1.807) is 6.07 Å². The number of rotatable bonds is 0. The van der Waals surface area contributed by atoms with E-state index in [0.717, 1.165) is 29.2 Å². The van der Waals surface area contributed by atoms with Crippen molar-refractivity contribution in [1.29, 1.82) is 0 Å². The van der Waals surface area contributed by atoms with Crippen LogP contribution in [0.3, 0.4) is 0 Å². The number of nitrogens with two attached hydrogens (primary N) is 1. The van der Waals surface area contributed by atoms with Crippen LogP contribution in [0, 0.1) is 0 Å². The van der Waals surface area contributed by atoms with Crippen LogP contribution in [-0.4, -0.2) is 19.8 Å². The Bertz CT molecular complexity index is 389. The molecule has 0 saturated carbocycles. The maximum Gasteiger partial charge on any atom is 0.168 e. The Labute approximate surface area is 81.6 Å². The van der Waals surface area contributed by atoms with Crippen molar-refractivity contribution in [1.82, 2.24) is 0 Å². The molecule has 0 amide bonds. The zero-order valence-corrected chi connectivity index (χ0v) is 7.71. The van der Waals surface area contributed by atoms with Gasteiger partial charge in [-0.25, -0.2) is 0 Å². The van der Waals surface area contributed by atoms with Gasteiger partial charge in [0.15, 0.2) is 11.5 Å². The molecule has 0 radical (unpaired) electrons. The lowest BCUT2D eigenvalue weighted by Gasteiger charge is -2.21. The van der Waals surface area contributed by atoms with Crippen molar-refractivity contribution in [3.63, 3.8) is 0 Å². The smallest absolute Gasteiger partial charge is 0.168 e. The van der Waals surface area contributed by atoms with Gasteiger partial charge in [0.25, 0.3) is 0 Å². The van der Waals surface area contributed by atoms with E-state index >= 15 is 0 Å². The van der Waals surface area contributed by atoms with Gasteiger partial charge < -0.3 is 19.9 Å². The lowest BCUT2D eigenvalue weighted by atomic mass is 10.1. The highest BCUT2D eigenvalue weighted by atomic mass is 16.6. The fourth-order valence-electron chi connectivity index (χ4n) is 1.91. The summed E-state index contributed by atoms with van der Waals surface area (Å²) >= 11 is 0. The van der Waals surface area contributed by atoms with Gasteiger partial charge in [-0.15, -0.1) is 0 Å². The van der Waals surface area contributed by atoms with Crippen molar-refractivity contribution in [2.45, 2.75) is 6.42 Å². The molecule has 4 heteroatoms. The topological polar surface area (TPSA) is 53.7 Å². The highest BCUT2D eigenvalue weighted by Gasteiger charge is 2.26. The lowest BCUT2D eigenvalue weighted by molar-refractivity contribution is 0.170. The fourth-order valence-corrected chi connectivity index (χ4v) is 1.91. The molecule has 0 aliphatic carbocycles. The molecule has 4 nitrogen and oxygen atoms in total. The Morgan fingerprint density at radius 1 is 1.00 bits per heavy atom. The maximum atomic E-state index is 5.84. The van der Waals surface area contributed by atoms with Crippen LogP contribution in [0.2, 0.25) is 0 Å². The second kappa shape index (κ2) is 2.70. The van der Waals surface area contributed by atoms with Gasteiger partial charge in [0.05, 0.1) is 12.3 Å². The second-order valence-electron chi connectivity index (χ2n) is 3.40. The molecular formula is C10H11NO3. The van der Waals surface area contributed by atoms with Crippen LogP contribution in [0.1, 0.15) is 5.56 Å².